The van der Waals surface area contributed by atoms with Gasteiger partial charge < -0.3 is 15.6 Å². The lowest BCUT2D eigenvalue weighted by Gasteiger charge is -2.05. The van der Waals surface area contributed by atoms with Gasteiger partial charge in [0, 0.05) is 6.07 Å². The van der Waals surface area contributed by atoms with Crippen LogP contribution in [0.5, 0.6) is 0 Å². The fourth-order valence-electron chi connectivity index (χ4n) is 1.03. The molecule has 0 spiro atoms. The summed E-state index contributed by atoms with van der Waals surface area (Å²) < 4.78 is 30.6. The number of benzene rings is 1. The second-order valence-corrected chi connectivity index (χ2v) is 3.13. The Morgan fingerprint density at radius 1 is 1.29 bits per heavy atom. The van der Waals surface area contributed by atoms with E-state index < -0.39 is 47.9 Å². The number of carbonyl (C=O) groups excluding carboxylic acids is 1. The van der Waals surface area contributed by atoms with E-state index in [2.05, 4.69) is 4.74 Å². The smallest absolute Gasteiger partial charge is 0.341 e. The summed E-state index contributed by atoms with van der Waals surface area (Å²) in [4.78, 5) is 21.4. The summed E-state index contributed by atoms with van der Waals surface area (Å²) in [5.41, 5.74) is 4.04. The Morgan fingerprint density at radius 3 is 2.53 bits per heavy atom. The van der Waals surface area contributed by atoms with Crippen molar-refractivity contribution >= 4 is 17.6 Å². The highest BCUT2D eigenvalue weighted by atomic mass is 19.1. The molecule has 0 aromatic heterocycles. The molecule has 0 fully saturated rings. The van der Waals surface area contributed by atoms with Gasteiger partial charge in [0.05, 0.1) is 17.7 Å². The van der Waals surface area contributed by atoms with E-state index in [4.69, 9.17) is 10.8 Å². The number of hydrogen-bond acceptors (Lipinski definition) is 4. The minimum Gasteiger partial charge on any atom is -0.481 e. The molecular formula is C10H9F2NO4. The summed E-state index contributed by atoms with van der Waals surface area (Å²) in [6.07, 6.45) is -0.412. The fourth-order valence-corrected chi connectivity index (χ4v) is 1.03. The van der Waals surface area contributed by atoms with Crippen LogP contribution < -0.4 is 5.73 Å². The van der Waals surface area contributed by atoms with Gasteiger partial charge in [0.15, 0.2) is 0 Å². The zero-order valence-corrected chi connectivity index (χ0v) is 8.57. The number of ether oxygens (including phenoxy) is 1. The molecule has 17 heavy (non-hydrogen) atoms. The van der Waals surface area contributed by atoms with Crippen molar-refractivity contribution in [2.75, 3.05) is 12.3 Å². The Morgan fingerprint density at radius 2 is 1.94 bits per heavy atom. The maximum atomic E-state index is 13.2. The molecule has 0 aliphatic carbocycles. The van der Waals surface area contributed by atoms with E-state index in [1.165, 1.54) is 0 Å². The average Bonchev–Trinajstić information content (AvgIpc) is 2.22. The predicted molar refractivity (Wildman–Crippen MR) is 53.3 cm³/mol. The summed E-state index contributed by atoms with van der Waals surface area (Å²) in [7, 11) is 0. The summed E-state index contributed by atoms with van der Waals surface area (Å²) in [6, 6.07) is 1.26. The van der Waals surface area contributed by atoms with Crippen molar-refractivity contribution < 1.29 is 28.2 Å². The molecule has 0 saturated heterocycles. The van der Waals surface area contributed by atoms with Crippen molar-refractivity contribution in [1.82, 2.24) is 0 Å². The van der Waals surface area contributed by atoms with Crippen LogP contribution in [-0.2, 0) is 9.53 Å². The lowest BCUT2D eigenvalue weighted by molar-refractivity contribution is -0.137. The van der Waals surface area contributed by atoms with Gasteiger partial charge in [0.1, 0.15) is 18.2 Å². The highest BCUT2D eigenvalue weighted by Crippen LogP contribution is 2.17. The molecule has 1 rings (SSSR count). The van der Waals surface area contributed by atoms with Gasteiger partial charge in [0.25, 0.3) is 0 Å². The third kappa shape index (κ3) is 3.40. The van der Waals surface area contributed by atoms with Crippen LogP contribution in [0.25, 0.3) is 0 Å². The van der Waals surface area contributed by atoms with Crippen LogP contribution in [0.3, 0.4) is 0 Å². The molecule has 92 valence electrons. The molecule has 0 unspecified atom stereocenters. The molecule has 5 nitrogen and oxygen atoms in total. The molecular weight excluding hydrogens is 236 g/mol. The SMILES string of the molecule is Nc1cc(F)c(C(=O)OCCC(=O)O)cc1F. The molecule has 7 heteroatoms. The molecule has 0 aliphatic heterocycles. The monoisotopic (exact) mass is 245 g/mol. The summed E-state index contributed by atoms with van der Waals surface area (Å²) in [6.45, 7) is -0.417. The van der Waals surface area contributed by atoms with E-state index in [-0.39, 0.29) is 0 Å². The number of aliphatic carboxylic acids is 1. The lowest BCUT2D eigenvalue weighted by atomic mass is 10.2. The van der Waals surface area contributed by atoms with Crippen molar-refractivity contribution in [2.45, 2.75) is 6.42 Å². The maximum absolute atomic E-state index is 13.2. The molecule has 0 heterocycles. The first-order chi connectivity index (χ1) is 7.91. The van der Waals surface area contributed by atoms with Gasteiger partial charge in [-0.05, 0) is 6.07 Å². The molecule has 0 atom stereocenters. The summed E-state index contributed by atoms with van der Waals surface area (Å²) >= 11 is 0. The van der Waals surface area contributed by atoms with E-state index in [0.29, 0.717) is 12.1 Å². The van der Waals surface area contributed by atoms with Crippen LogP contribution in [0.4, 0.5) is 14.5 Å². The van der Waals surface area contributed by atoms with Gasteiger partial charge in [-0.15, -0.1) is 0 Å². The topological polar surface area (TPSA) is 89.6 Å². The molecule has 0 amide bonds. The van der Waals surface area contributed by atoms with E-state index in [0.717, 1.165) is 0 Å². The lowest BCUT2D eigenvalue weighted by Crippen LogP contribution is -2.12. The highest BCUT2D eigenvalue weighted by Gasteiger charge is 2.16. The number of nitrogens with two attached hydrogens (primary N) is 1. The molecule has 1 aromatic carbocycles. The van der Waals surface area contributed by atoms with Crippen LogP contribution >= 0.6 is 0 Å². The summed E-state index contributed by atoms with van der Waals surface area (Å²) in [5.74, 6) is -4.27. The van der Waals surface area contributed by atoms with Crippen molar-refractivity contribution in [3.63, 3.8) is 0 Å². The number of anilines is 1. The fraction of sp³-hybridized carbons (Fsp3) is 0.200. The second-order valence-electron chi connectivity index (χ2n) is 3.13. The molecule has 0 saturated carbocycles. The zero-order valence-electron chi connectivity index (χ0n) is 8.57. The Balaban J connectivity index is 2.75. The first kappa shape index (κ1) is 12.9. The van der Waals surface area contributed by atoms with Gasteiger partial charge in [0.2, 0.25) is 0 Å². The van der Waals surface area contributed by atoms with E-state index in [9.17, 15) is 18.4 Å². The first-order valence-corrected chi connectivity index (χ1v) is 4.55. The summed E-state index contributed by atoms with van der Waals surface area (Å²) in [5, 5.41) is 8.29. The molecule has 0 bridgehead atoms. The van der Waals surface area contributed by atoms with Gasteiger partial charge >= 0.3 is 11.9 Å². The van der Waals surface area contributed by atoms with Crippen molar-refractivity contribution in [1.29, 1.82) is 0 Å². The number of esters is 1. The van der Waals surface area contributed by atoms with Crippen LogP contribution in [0, 0.1) is 11.6 Å². The third-order valence-electron chi connectivity index (χ3n) is 1.86. The van der Waals surface area contributed by atoms with E-state index in [1.54, 1.807) is 0 Å². The standard InChI is InChI=1S/C10H9F2NO4/c11-6-4-8(13)7(12)3-5(6)10(16)17-2-1-9(14)15/h3-4H,1-2,13H2,(H,14,15). The quantitative estimate of drug-likeness (QED) is 0.614. The number of carboxylic acids is 1. The number of carboxylic acid groups (broad SMARTS) is 1. The van der Waals surface area contributed by atoms with Gasteiger partial charge in [-0.2, -0.15) is 0 Å². The Labute approximate surface area is 94.8 Å². The Hall–Kier alpha value is -2.18. The largest absolute Gasteiger partial charge is 0.481 e. The number of nitrogen functional groups attached to an aromatic ring is 1. The zero-order chi connectivity index (χ0) is 13.0. The normalized spacial score (nSPS) is 10.0. The average molecular weight is 245 g/mol. The van der Waals surface area contributed by atoms with Gasteiger partial charge in [-0.3, -0.25) is 4.79 Å². The number of halogens is 2. The molecule has 0 radical (unpaired) electrons. The van der Waals surface area contributed by atoms with Crippen molar-refractivity contribution in [2.24, 2.45) is 0 Å². The number of rotatable bonds is 4. The first-order valence-electron chi connectivity index (χ1n) is 4.55. The maximum Gasteiger partial charge on any atom is 0.341 e. The molecule has 3 N–H and O–H groups in total. The predicted octanol–water partition coefficient (Wildman–Crippen LogP) is 1.18. The minimum absolute atomic E-state index is 0.412. The Bertz CT molecular complexity index is 462. The number of hydrogen-bond donors (Lipinski definition) is 2. The molecule has 1 aromatic rings. The van der Waals surface area contributed by atoms with Crippen LogP contribution in [0.1, 0.15) is 16.8 Å². The van der Waals surface area contributed by atoms with E-state index >= 15 is 0 Å². The van der Waals surface area contributed by atoms with Crippen molar-refractivity contribution in [3.8, 4) is 0 Å². The molecule has 0 aliphatic rings. The minimum atomic E-state index is -1.17. The third-order valence-corrected chi connectivity index (χ3v) is 1.86. The number of carbonyl (C=O) groups is 2. The van der Waals surface area contributed by atoms with Gasteiger partial charge in [-0.25, -0.2) is 13.6 Å². The Kier molecular flexibility index (Phi) is 3.97. The second kappa shape index (κ2) is 5.24. The van der Waals surface area contributed by atoms with Crippen LogP contribution in [0.2, 0.25) is 0 Å². The van der Waals surface area contributed by atoms with Crippen LogP contribution in [0.15, 0.2) is 12.1 Å². The van der Waals surface area contributed by atoms with Crippen molar-refractivity contribution in [3.05, 3.63) is 29.3 Å². The van der Waals surface area contributed by atoms with E-state index in [1.807, 2.05) is 0 Å². The van der Waals surface area contributed by atoms with Crippen LogP contribution in [-0.4, -0.2) is 23.7 Å². The van der Waals surface area contributed by atoms with Gasteiger partial charge in [-0.1, -0.05) is 0 Å². The highest BCUT2D eigenvalue weighted by molar-refractivity contribution is 5.90.